The van der Waals surface area contributed by atoms with E-state index in [2.05, 4.69) is 4.74 Å². The quantitative estimate of drug-likeness (QED) is 0.587. The molecule has 0 unspecified atom stereocenters. The molecule has 0 bridgehead atoms. The van der Waals surface area contributed by atoms with Crippen molar-refractivity contribution < 1.29 is 14.6 Å². The second-order valence-electron chi connectivity index (χ2n) is 3.85. The van der Waals surface area contributed by atoms with Crippen LogP contribution < -0.4 is 5.73 Å². The van der Waals surface area contributed by atoms with Gasteiger partial charge in [-0.3, -0.25) is 4.79 Å². The lowest BCUT2D eigenvalue weighted by atomic mass is 10.0. The number of hydrogen-bond donors (Lipinski definition) is 2. The summed E-state index contributed by atoms with van der Waals surface area (Å²) in [4.78, 5) is 10.8. The highest BCUT2D eigenvalue weighted by molar-refractivity contribution is 8.93. The van der Waals surface area contributed by atoms with Gasteiger partial charge in [0.2, 0.25) is 0 Å². The maximum atomic E-state index is 10.8. The molecule has 4 nitrogen and oxygen atoms in total. The lowest BCUT2D eigenvalue weighted by Crippen LogP contribution is -2.36. The number of nitrogens with two attached hydrogens (primary N) is 1. The van der Waals surface area contributed by atoms with Gasteiger partial charge in [0.05, 0.1) is 13.2 Å². The Morgan fingerprint density at radius 2 is 2.25 bits per heavy atom. The maximum Gasteiger partial charge on any atom is 0.305 e. The minimum absolute atomic E-state index is 0. The number of esters is 1. The number of carbonyl (C=O) groups is 1. The third kappa shape index (κ3) is 5.03. The highest BCUT2D eigenvalue weighted by Gasteiger charge is 2.32. The smallest absolute Gasteiger partial charge is 0.305 e. The van der Waals surface area contributed by atoms with E-state index in [0.29, 0.717) is 6.42 Å². The van der Waals surface area contributed by atoms with Gasteiger partial charge in [0.25, 0.3) is 0 Å². The fourth-order valence-corrected chi connectivity index (χ4v) is 3.08. The fourth-order valence-electron chi connectivity index (χ4n) is 1.68. The molecule has 0 aromatic heterocycles. The molecule has 1 aliphatic heterocycles. The van der Waals surface area contributed by atoms with Crippen LogP contribution in [0.2, 0.25) is 0 Å². The van der Waals surface area contributed by atoms with Crippen molar-refractivity contribution in [1.29, 1.82) is 0 Å². The van der Waals surface area contributed by atoms with Gasteiger partial charge in [-0.15, -0.1) is 17.0 Å². The molecular formula is C10H20BrNO3S. The Hall–Kier alpha value is 0.220. The number of aliphatic hydroxyl groups is 1. The first-order chi connectivity index (χ1) is 7.15. The normalized spacial score (nSPS) is 28.6. The molecule has 1 saturated heterocycles. The van der Waals surface area contributed by atoms with E-state index < -0.39 is 0 Å². The summed E-state index contributed by atoms with van der Waals surface area (Å²) in [5, 5.41) is 9.92. The third-order valence-corrected chi connectivity index (χ3v) is 4.19. The van der Waals surface area contributed by atoms with Gasteiger partial charge in [-0.1, -0.05) is 6.42 Å². The lowest BCUT2D eigenvalue weighted by molar-refractivity contribution is -0.140. The number of thioether (sulfide) groups is 1. The van der Waals surface area contributed by atoms with Gasteiger partial charge in [-0.2, -0.15) is 11.8 Å². The molecule has 0 aromatic carbocycles. The summed E-state index contributed by atoms with van der Waals surface area (Å²) in [5.41, 5.74) is 5.70. The van der Waals surface area contributed by atoms with Gasteiger partial charge in [0.1, 0.15) is 0 Å². The Morgan fingerprint density at radius 1 is 1.56 bits per heavy atom. The van der Waals surface area contributed by atoms with Crippen molar-refractivity contribution in [2.45, 2.75) is 43.1 Å². The van der Waals surface area contributed by atoms with E-state index in [4.69, 9.17) is 5.73 Å². The van der Waals surface area contributed by atoms with Crippen LogP contribution >= 0.6 is 28.7 Å². The van der Waals surface area contributed by atoms with E-state index in [1.54, 1.807) is 11.8 Å². The van der Waals surface area contributed by atoms with E-state index in [1.807, 2.05) is 0 Å². The SMILES string of the molecule is Br.COC(=O)CCCC[C@@H]1SC[C@@H](N)[C@H]1O. The topological polar surface area (TPSA) is 72.5 Å². The van der Waals surface area contributed by atoms with Crippen molar-refractivity contribution >= 4 is 34.7 Å². The molecular weight excluding hydrogens is 294 g/mol. The average molecular weight is 314 g/mol. The molecule has 3 atom stereocenters. The molecule has 0 aliphatic carbocycles. The summed E-state index contributed by atoms with van der Waals surface area (Å²) in [6.07, 6.45) is 2.78. The van der Waals surface area contributed by atoms with Gasteiger partial charge in [-0.25, -0.2) is 0 Å². The number of carbonyl (C=O) groups excluding carboxylic acids is 1. The Morgan fingerprint density at radius 3 is 2.75 bits per heavy atom. The van der Waals surface area contributed by atoms with Gasteiger partial charge in [0.15, 0.2) is 0 Å². The number of unbranched alkanes of at least 4 members (excludes halogenated alkanes) is 1. The summed E-state index contributed by atoms with van der Waals surface area (Å²) in [7, 11) is 1.40. The van der Waals surface area contributed by atoms with Crippen LogP contribution in [0.15, 0.2) is 0 Å². The molecule has 0 spiro atoms. The van der Waals surface area contributed by atoms with Crippen molar-refractivity contribution in [2.75, 3.05) is 12.9 Å². The summed E-state index contributed by atoms with van der Waals surface area (Å²) in [6, 6.07) is -0.0828. The molecule has 16 heavy (non-hydrogen) atoms. The standard InChI is InChI=1S/C10H19NO3S.BrH/c1-14-9(12)5-3-2-4-8-10(13)7(11)6-15-8;/h7-8,10,13H,2-6,11H2,1H3;1H/t7-,8+,10-;/m1./s1. The highest BCUT2D eigenvalue weighted by atomic mass is 79.9. The first kappa shape index (κ1) is 16.2. The molecule has 1 heterocycles. The Bertz CT molecular complexity index is 218. The van der Waals surface area contributed by atoms with Crippen molar-refractivity contribution in [2.24, 2.45) is 5.73 Å². The first-order valence-electron chi connectivity index (χ1n) is 5.27. The zero-order chi connectivity index (χ0) is 11.3. The minimum atomic E-state index is -0.381. The summed E-state index contributed by atoms with van der Waals surface area (Å²) >= 11 is 1.73. The van der Waals surface area contributed by atoms with Gasteiger partial charge in [0, 0.05) is 23.5 Å². The van der Waals surface area contributed by atoms with Crippen LogP contribution in [0, 0.1) is 0 Å². The van der Waals surface area contributed by atoms with E-state index in [-0.39, 0.29) is 40.3 Å². The van der Waals surface area contributed by atoms with Crippen LogP contribution in [0.5, 0.6) is 0 Å². The van der Waals surface area contributed by atoms with Crippen LogP contribution in [0.4, 0.5) is 0 Å². The van der Waals surface area contributed by atoms with Gasteiger partial charge in [-0.05, 0) is 12.8 Å². The molecule has 1 fully saturated rings. The molecule has 0 amide bonds. The zero-order valence-electron chi connectivity index (χ0n) is 9.43. The maximum absolute atomic E-state index is 10.8. The zero-order valence-corrected chi connectivity index (χ0v) is 12.0. The number of ether oxygens (including phenoxy) is 1. The molecule has 96 valence electrons. The van der Waals surface area contributed by atoms with Crippen molar-refractivity contribution in [1.82, 2.24) is 0 Å². The fraction of sp³-hybridized carbons (Fsp3) is 0.900. The number of halogens is 1. The van der Waals surface area contributed by atoms with Crippen LogP contribution in [0.3, 0.4) is 0 Å². The van der Waals surface area contributed by atoms with Crippen LogP contribution in [-0.2, 0) is 9.53 Å². The third-order valence-electron chi connectivity index (χ3n) is 2.67. The molecule has 0 aromatic rings. The van der Waals surface area contributed by atoms with E-state index >= 15 is 0 Å². The second-order valence-corrected chi connectivity index (χ2v) is 5.12. The monoisotopic (exact) mass is 313 g/mol. The Balaban J connectivity index is 0.00000225. The summed E-state index contributed by atoms with van der Waals surface area (Å²) < 4.78 is 4.55. The van der Waals surface area contributed by atoms with E-state index in [0.717, 1.165) is 25.0 Å². The number of methoxy groups -OCH3 is 1. The van der Waals surface area contributed by atoms with Crippen LogP contribution in [0.25, 0.3) is 0 Å². The number of hydrogen-bond acceptors (Lipinski definition) is 5. The molecule has 6 heteroatoms. The van der Waals surface area contributed by atoms with Crippen molar-refractivity contribution in [3.8, 4) is 0 Å². The van der Waals surface area contributed by atoms with E-state index in [1.165, 1.54) is 7.11 Å². The molecule has 1 rings (SSSR count). The molecule has 0 saturated carbocycles. The molecule has 1 aliphatic rings. The highest BCUT2D eigenvalue weighted by Crippen LogP contribution is 2.30. The number of aliphatic hydroxyl groups excluding tert-OH is 1. The summed E-state index contributed by atoms with van der Waals surface area (Å²) in [6.45, 7) is 0. The largest absolute Gasteiger partial charge is 0.469 e. The second kappa shape index (κ2) is 8.33. The van der Waals surface area contributed by atoms with Crippen LogP contribution in [-0.4, -0.2) is 41.3 Å². The summed E-state index contributed by atoms with van der Waals surface area (Å²) in [5.74, 6) is 0.675. The predicted molar refractivity (Wildman–Crippen MR) is 71.0 cm³/mol. The Kier molecular flexibility index (Phi) is 8.45. The van der Waals surface area contributed by atoms with Gasteiger partial charge >= 0.3 is 5.97 Å². The van der Waals surface area contributed by atoms with Crippen molar-refractivity contribution in [3.05, 3.63) is 0 Å². The minimum Gasteiger partial charge on any atom is -0.469 e. The Labute approximate surface area is 111 Å². The lowest BCUT2D eigenvalue weighted by Gasteiger charge is -2.15. The van der Waals surface area contributed by atoms with E-state index in [9.17, 15) is 9.90 Å². The molecule has 0 radical (unpaired) electrons. The predicted octanol–water partition coefficient (Wildman–Crippen LogP) is 1.10. The average Bonchev–Trinajstić information content (AvgIpc) is 2.55. The molecule has 3 N–H and O–H groups in total. The van der Waals surface area contributed by atoms with Crippen LogP contribution in [0.1, 0.15) is 25.7 Å². The number of rotatable bonds is 5. The first-order valence-corrected chi connectivity index (χ1v) is 6.32. The van der Waals surface area contributed by atoms with Crippen molar-refractivity contribution in [3.63, 3.8) is 0 Å². The van der Waals surface area contributed by atoms with Gasteiger partial charge < -0.3 is 15.6 Å².